The van der Waals surface area contributed by atoms with Gasteiger partial charge in [-0.05, 0) is 19.1 Å². The second-order valence-electron chi connectivity index (χ2n) is 2.53. The number of para-hydroxylation sites is 1. The zero-order valence-electron chi connectivity index (χ0n) is 6.95. The summed E-state index contributed by atoms with van der Waals surface area (Å²) in [6, 6.07) is 9.33. The molecule has 3 nitrogen and oxygen atoms in total. The highest BCUT2D eigenvalue weighted by Crippen LogP contribution is 2.10. The van der Waals surface area contributed by atoms with Crippen LogP contribution in [0.5, 0.6) is 5.75 Å². The van der Waals surface area contributed by atoms with Crippen LogP contribution in [0.4, 0.5) is 0 Å². The highest BCUT2D eigenvalue weighted by atomic mass is 16.5. The van der Waals surface area contributed by atoms with E-state index in [1.807, 2.05) is 30.3 Å². The number of nitrogens with two attached hydrogens (primary N) is 1. The standard InChI is InChI=1S/C9H12N2O/c1-7(9(10)11)12-8-5-3-2-4-6-8/h2-7H,1H3,(H3,10,11). The molecule has 0 radical (unpaired) electrons. The van der Waals surface area contributed by atoms with Crippen LogP contribution in [0.15, 0.2) is 30.3 Å². The topological polar surface area (TPSA) is 59.1 Å². The first kappa shape index (κ1) is 8.59. The second kappa shape index (κ2) is 3.76. The quantitative estimate of drug-likeness (QED) is 0.524. The molecule has 0 aliphatic carbocycles. The Morgan fingerprint density at radius 2 is 2.00 bits per heavy atom. The van der Waals surface area contributed by atoms with Gasteiger partial charge in [-0.15, -0.1) is 0 Å². The molecule has 0 aliphatic heterocycles. The molecule has 64 valence electrons. The summed E-state index contributed by atoms with van der Waals surface area (Å²) in [5.41, 5.74) is 5.24. The van der Waals surface area contributed by atoms with Gasteiger partial charge in [0.25, 0.3) is 0 Å². The molecule has 0 aromatic heterocycles. The highest BCUT2D eigenvalue weighted by Gasteiger charge is 2.05. The van der Waals surface area contributed by atoms with Crippen molar-refractivity contribution in [2.45, 2.75) is 13.0 Å². The van der Waals surface area contributed by atoms with Gasteiger partial charge in [-0.25, -0.2) is 0 Å². The van der Waals surface area contributed by atoms with E-state index in [2.05, 4.69) is 0 Å². The lowest BCUT2D eigenvalue weighted by molar-refractivity contribution is 0.285. The van der Waals surface area contributed by atoms with E-state index >= 15 is 0 Å². The zero-order valence-corrected chi connectivity index (χ0v) is 6.95. The van der Waals surface area contributed by atoms with Gasteiger partial charge < -0.3 is 10.5 Å². The van der Waals surface area contributed by atoms with Crippen LogP contribution in [0.3, 0.4) is 0 Å². The third kappa shape index (κ3) is 2.27. The fraction of sp³-hybridized carbons (Fsp3) is 0.222. The first-order valence-corrected chi connectivity index (χ1v) is 3.76. The Hall–Kier alpha value is -1.51. The molecule has 1 unspecified atom stereocenters. The lowest BCUT2D eigenvalue weighted by Gasteiger charge is -2.12. The number of benzene rings is 1. The van der Waals surface area contributed by atoms with Gasteiger partial charge in [0.05, 0.1) is 0 Å². The molecular weight excluding hydrogens is 152 g/mol. The maximum Gasteiger partial charge on any atom is 0.152 e. The molecule has 0 heterocycles. The molecule has 1 aromatic rings. The molecule has 1 aromatic carbocycles. The van der Waals surface area contributed by atoms with Crippen LogP contribution in [0.25, 0.3) is 0 Å². The van der Waals surface area contributed by atoms with Crippen LogP contribution >= 0.6 is 0 Å². The van der Waals surface area contributed by atoms with E-state index in [9.17, 15) is 0 Å². The smallest absolute Gasteiger partial charge is 0.152 e. The number of hydrogen-bond donors (Lipinski definition) is 2. The maximum absolute atomic E-state index is 7.10. The summed E-state index contributed by atoms with van der Waals surface area (Å²) in [5.74, 6) is 0.777. The van der Waals surface area contributed by atoms with Crippen molar-refractivity contribution in [3.05, 3.63) is 30.3 Å². The molecule has 3 heteroatoms. The molecule has 1 rings (SSSR count). The van der Waals surface area contributed by atoms with Gasteiger partial charge in [0, 0.05) is 0 Å². The number of hydrogen-bond acceptors (Lipinski definition) is 2. The fourth-order valence-corrected chi connectivity index (χ4v) is 0.767. The molecule has 0 saturated carbocycles. The average Bonchev–Trinajstić information content (AvgIpc) is 2.06. The van der Waals surface area contributed by atoms with Crippen LogP contribution < -0.4 is 10.5 Å². The van der Waals surface area contributed by atoms with Gasteiger partial charge in [0.2, 0.25) is 0 Å². The van der Waals surface area contributed by atoms with Crippen LogP contribution in [0, 0.1) is 5.41 Å². The first-order chi connectivity index (χ1) is 5.70. The first-order valence-electron chi connectivity index (χ1n) is 3.76. The van der Waals surface area contributed by atoms with Crippen molar-refractivity contribution < 1.29 is 4.74 Å². The van der Waals surface area contributed by atoms with Crippen molar-refractivity contribution in [3.63, 3.8) is 0 Å². The SMILES string of the molecule is CC(Oc1ccccc1)C(=N)N. The van der Waals surface area contributed by atoms with Crippen molar-refractivity contribution in [2.24, 2.45) is 5.73 Å². The fourth-order valence-electron chi connectivity index (χ4n) is 0.767. The van der Waals surface area contributed by atoms with Crippen molar-refractivity contribution in [2.75, 3.05) is 0 Å². The van der Waals surface area contributed by atoms with Crippen LogP contribution in [-0.2, 0) is 0 Å². The Labute approximate surface area is 71.7 Å². The summed E-state index contributed by atoms with van der Waals surface area (Å²) < 4.78 is 5.33. The molecule has 0 spiro atoms. The number of rotatable bonds is 3. The van der Waals surface area contributed by atoms with Crippen LogP contribution in [0.1, 0.15) is 6.92 Å². The van der Waals surface area contributed by atoms with E-state index in [0.29, 0.717) is 0 Å². The molecular formula is C9H12N2O. The molecule has 0 amide bonds. The number of amidine groups is 1. The third-order valence-corrected chi connectivity index (χ3v) is 1.49. The predicted molar refractivity (Wildman–Crippen MR) is 48.4 cm³/mol. The normalized spacial score (nSPS) is 12.1. The second-order valence-corrected chi connectivity index (χ2v) is 2.53. The van der Waals surface area contributed by atoms with Crippen LogP contribution in [0.2, 0.25) is 0 Å². The van der Waals surface area contributed by atoms with Gasteiger partial charge in [-0.3, -0.25) is 5.41 Å². The van der Waals surface area contributed by atoms with Crippen molar-refractivity contribution >= 4 is 5.84 Å². The van der Waals surface area contributed by atoms with E-state index in [1.54, 1.807) is 6.92 Å². The third-order valence-electron chi connectivity index (χ3n) is 1.49. The monoisotopic (exact) mass is 164 g/mol. The van der Waals surface area contributed by atoms with Crippen molar-refractivity contribution in [1.82, 2.24) is 0 Å². The lowest BCUT2D eigenvalue weighted by Crippen LogP contribution is -2.29. The Morgan fingerprint density at radius 3 is 2.50 bits per heavy atom. The summed E-state index contributed by atoms with van der Waals surface area (Å²) in [6.45, 7) is 1.75. The molecule has 3 N–H and O–H groups in total. The Kier molecular flexibility index (Phi) is 2.69. The average molecular weight is 164 g/mol. The highest BCUT2D eigenvalue weighted by molar-refractivity contribution is 5.81. The summed E-state index contributed by atoms with van der Waals surface area (Å²) >= 11 is 0. The van der Waals surface area contributed by atoms with Gasteiger partial charge >= 0.3 is 0 Å². The zero-order chi connectivity index (χ0) is 8.97. The van der Waals surface area contributed by atoms with E-state index in [4.69, 9.17) is 15.9 Å². The maximum atomic E-state index is 7.10. The van der Waals surface area contributed by atoms with E-state index < -0.39 is 0 Å². The number of ether oxygens (including phenoxy) is 1. The summed E-state index contributed by atoms with van der Waals surface area (Å²) in [5, 5.41) is 7.10. The summed E-state index contributed by atoms with van der Waals surface area (Å²) in [4.78, 5) is 0. The molecule has 0 bridgehead atoms. The molecule has 0 aliphatic rings. The van der Waals surface area contributed by atoms with Gasteiger partial charge in [-0.2, -0.15) is 0 Å². The van der Waals surface area contributed by atoms with Gasteiger partial charge in [0.15, 0.2) is 6.10 Å². The molecule has 0 saturated heterocycles. The molecule has 0 fully saturated rings. The minimum atomic E-state index is -0.354. The Bertz CT molecular complexity index is 258. The summed E-state index contributed by atoms with van der Waals surface area (Å²) in [7, 11) is 0. The van der Waals surface area contributed by atoms with Gasteiger partial charge in [-0.1, -0.05) is 18.2 Å². The lowest BCUT2D eigenvalue weighted by atomic mass is 10.3. The minimum absolute atomic E-state index is 0.0406. The summed E-state index contributed by atoms with van der Waals surface area (Å²) in [6.07, 6.45) is -0.354. The molecule has 1 atom stereocenters. The Balaban J connectivity index is 2.58. The largest absolute Gasteiger partial charge is 0.483 e. The number of nitrogens with one attached hydrogen (secondary N) is 1. The van der Waals surface area contributed by atoms with E-state index in [0.717, 1.165) is 5.75 Å². The van der Waals surface area contributed by atoms with Crippen molar-refractivity contribution in [1.29, 1.82) is 5.41 Å². The minimum Gasteiger partial charge on any atom is -0.483 e. The van der Waals surface area contributed by atoms with E-state index in [-0.39, 0.29) is 11.9 Å². The van der Waals surface area contributed by atoms with Gasteiger partial charge in [0.1, 0.15) is 11.6 Å². The van der Waals surface area contributed by atoms with Crippen molar-refractivity contribution in [3.8, 4) is 5.75 Å². The van der Waals surface area contributed by atoms with Crippen LogP contribution in [-0.4, -0.2) is 11.9 Å². The van der Waals surface area contributed by atoms with E-state index in [1.165, 1.54) is 0 Å². The molecule has 12 heavy (non-hydrogen) atoms. The Morgan fingerprint density at radius 1 is 1.42 bits per heavy atom. The predicted octanol–water partition coefficient (Wildman–Crippen LogP) is 1.39.